The van der Waals surface area contributed by atoms with Gasteiger partial charge < -0.3 is 9.80 Å². The van der Waals surface area contributed by atoms with Gasteiger partial charge in [0.2, 0.25) is 0 Å². The summed E-state index contributed by atoms with van der Waals surface area (Å²) in [4.78, 5) is 17.2. The quantitative estimate of drug-likeness (QED) is 0.784. The molecule has 1 aromatic rings. The van der Waals surface area contributed by atoms with Crippen molar-refractivity contribution in [1.29, 1.82) is 0 Å². The smallest absolute Gasteiger partial charge is 0.254 e. The fraction of sp³-hybridized carbons (Fsp3) is 0.588. The summed E-state index contributed by atoms with van der Waals surface area (Å²) in [5, 5.41) is 0. The van der Waals surface area contributed by atoms with E-state index in [1.807, 2.05) is 31.2 Å². The average Bonchev–Trinajstić information content (AvgIpc) is 2.87. The highest BCUT2D eigenvalue weighted by atomic mass is 16.2. The molecule has 0 radical (unpaired) electrons. The van der Waals surface area contributed by atoms with E-state index in [9.17, 15) is 4.79 Å². The summed E-state index contributed by atoms with van der Waals surface area (Å²) < 4.78 is 0. The number of carbonyl (C=O) groups is 1. The molecule has 0 unspecified atom stereocenters. The molecule has 1 amide bonds. The molecule has 0 aromatic heterocycles. The van der Waals surface area contributed by atoms with Crippen LogP contribution in [0.15, 0.2) is 24.3 Å². The molecule has 0 N–H and O–H groups in total. The van der Waals surface area contributed by atoms with Crippen LogP contribution in [0.4, 0.5) is 0 Å². The van der Waals surface area contributed by atoms with Crippen molar-refractivity contribution >= 4 is 5.91 Å². The fourth-order valence-electron chi connectivity index (χ4n) is 3.59. The van der Waals surface area contributed by atoms with E-state index < -0.39 is 0 Å². The maximum Gasteiger partial charge on any atom is 0.254 e. The first-order valence-electron chi connectivity index (χ1n) is 7.63. The van der Waals surface area contributed by atoms with Gasteiger partial charge in [-0.05, 0) is 63.4 Å². The molecule has 2 aliphatic heterocycles. The Balaban J connectivity index is 1.71. The Labute approximate surface area is 121 Å². The summed E-state index contributed by atoms with van der Waals surface area (Å²) in [6.45, 7) is 6.25. The predicted molar refractivity (Wildman–Crippen MR) is 80.9 cm³/mol. The van der Waals surface area contributed by atoms with Crippen molar-refractivity contribution in [1.82, 2.24) is 9.80 Å². The molecule has 20 heavy (non-hydrogen) atoms. The summed E-state index contributed by atoms with van der Waals surface area (Å²) >= 11 is 0. The summed E-state index contributed by atoms with van der Waals surface area (Å²) in [5.74, 6) is 0.221. The van der Waals surface area contributed by atoms with Gasteiger partial charge in [0.15, 0.2) is 0 Å². The van der Waals surface area contributed by atoms with Gasteiger partial charge in [-0.2, -0.15) is 0 Å². The van der Waals surface area contributed by atoms with Crippen molar-refractivity contribution in [2.45, 2.75) is 26.2 Å². The molecule has 2 saturated heterocycles. The van der Waals surface area contributed by atoms with E-state index in [0.29, 0.717) is 5.41 Å². The number of hydrogen-bond donors (Lipinski definition) is 0. The van der Waals surface area contributed by atoms with E-state index in [1.54, 1.807) is 0 Å². The first-order valence-corrected chi connectivity index (χ1v) is 7.63. The van der Waals surface area contributed by atoms with Crippen molar-refractivity contribution in [3.63, 3.8) is 0 Å². The molecular formula is C17H24N2O. The largest absolute Gasteiger partial charge is 0.338 e. The van der Waals surface area contributed by atoms with E-state index in [0.717, 1.165) is 24.2 Å². The lowest BCUT2D eigenvalue weighted by Gasteiger charge is -2.37. The van der Waals surface area contributed by atoms with Crippen LogP contribution < -0.4 is 0 Å². The second-order valence-corrected chi connectivity index (χ2v) is 6.59. The number of piperidine rings is 1. The maximum absolute atomic E-state index is 12.7. The van der Waals surface area contributed by atoms with Crippen LogP contribution in [0.1, 0.15) is 35.2 Å². The zero-order chi connectivity index (χ0) is 14.2. The van der Waals surface area contributed by atoms with Gasteiger partial charge in [-0.25, -0.2) is 0 Å². The van der Waals surface area contributed by atoms with Crippen molar-refractivity contribution in [2.75, 3.05) is 33.2 Å². The van der Waals surface area contributed by atoms with Crippen LogP contribution in [0.5, 0.6) is 0 Å². The number of hydrogen-bond acceptors (Lipinski definition) is 2. The lowest BCUT2D eigenvalue weighted by atomic mass is 9.78. The summed E-state index contributed by atoms with van der Waals surface area (Å²) in [7, 11) is 2.19. The van der Waals surface area contributed by atoms with Crippen LogP contribution in [0.25, 0.3) is 0 Å². The number of carbonyl (C=O) groups excluding carboxylic acids is 1. The topological polar surface area (TPSA) is 23.6 Å². The van der Waals surface area contributed by atoms with Gasteiger partial charge >= 0.3 is 0 Å². The number of likely N-dealkylation sites (tertiary alicyclic amines) is 2. The third kappa shape index (κ3) is 2.47. The molecule has 3 heteroatoms. The van der Waals surface area contributed by atoms with E-state index in [2.05, 4.69) is 16.8 Å². The highest BCUT2D eigenvalue weighted by Crippen LogP contribution is 2.40. The first kappa shape index (κ1) is 13.6. The Bertz CT molecular complexity index is 503. The first-order chi connectivity index (χ1) is 9.60. The van der Waals surface area contributed by atoms with Crippen molar-refractivity contribution in [3.05, 3.63) is 35.4 Å². The van der Waals surface area contributed by atoms with Crippen LogP contribution in [0.2, 0.25) is 0 Å². The number of aryl methyl sites for hydroxylation is 1. The Morgan fingerprint density at radius 2 is 1.75 bits per heavy atom. The normalized spacial score (nSPS) is 22.4. The van der Waals surface area contributed by atoms with Gasteiger partial charge in [0.05, 0.1) is 0 Å². The maximum atomic E-state index is 12.7. The average molecular weight is 272 g/mol. The fourth-order valence-corrected chi connectivity index (χ4v) is 3.59. The molecule has 3 nitrogen and oxygen atoms in total. The van der Waals surface area contributed by atoms with Gasteiger partial charge in [0, 0.05) is 18.7 Å². The van der Waals surface area contributed by atoms with Crippen LogP contribution in [0.3, 0.4) is 0 Å². The van der Waals surface area contributed by atoms with Gasteiger partial charge in [-0.3, -0.25) is 4.79 Å². The molecule has 0 bridgehead atoms. The number of rotatable bonds is 1. The second-order valence-electron chi connectivity index (χ2n) is 6.59. The molecule has 2 aliphatic rings. The zero-order valence-corrected chi connectivity index (χ0v) is 12.6. The molecular weight excluding hydrogens is 248 g/mol. The molecule has 3 rings (SSSR count). The summed E-state index contributed by atoms with van der Waals surface area (Å²) in [6, 6.07) is 7.93. The molecule has 108 valence electrons. The molecule has 1 aromatic carbocycles. The highest BCUT2D eigenvalue weighted by molar-refractivity contribution is 5.95. The van der Waals surface area contributed by atoms with Crippen LogP contribution in [-0.2, 0) is 0 Å². The zero-order valence-electron chi connectivity index (χ0n) is 12.6. The van der Waals surface area contributed by atoms with Crippen molar-refractivity contribution in [2.24, 2.45) is 5.41 Å². The summed E-state index contributed by atoms with van der Waals surface area (Å²) in [5.41, 5.74) is 2.35. The van der Waals surface area contributed by atoms with Crippen LogP contribution >= 0.6 is 0 Å². The number of nitrogens with zero attached hydrogens (tertiary/aromatic N) is 2. The molecule has 0 aliphatic carbocycles. The molecule has 1 spiro atoms. The Kier molecular flexibility index (Phi) is 3.55. The Hall–Kier alpha value is -1.35. The van der Waals surface area contributed by atoms with Gasteiger partial charge in [0.1, 0.15) is 0 Å². The molecule has 0 atom stereocenters. The van der Waals surface area contributed by atoms with E-state index in [1.165, 1.54) is 32.4 Å². The number of amides is 1. The van der Waals surface area contributed by atoms with Gasteiger partial charge in [-0.1, -0.05) is 18.2 Å². The second kappa shape index (κ2) is 5.21. The predicted octanol–water partition coefficient (Wildman–Crippen LogP) is 2.55. The minimum Gasteiger partial charge on any atom is -0.338 e. The SMILES string of the molecule is Cc1ccccc1C(=O)N1CCC2(CCN(C)CC2)C1. The lowest BCUT2D eigenvalue weighted by Crippen LogP contribution is -2.40. The van der Waals surface area contributed by atoms with E-state index in [4.69, 9.17) is 0 Å². The van der Waals surface area contributed by atoms with Gasteiger partial charge in [0.25, 0.3) is 5.91 Å². The highest BCUT2D eigenvalue weighted by Gasteiger charge is 2.41. The monoisotopic (exact) mass is 272 g/mol. The molecule has 2 heterocycles. The Morgan fingerprint density at radius 3 is 2.45 bits per heavy atom. The third-order valence-corrected chi connectivity index (χ3v) is 5.15. The minimum absolute atomic E-state index is 0.221. The van der Waals surface area contributed by atoms with Crippen LogP contribution in [0, 0.1) is 12.3 Å². The minimum atomic E-state index is 0.221. The van der Waals surface area contributed by atoms with E-state index in [-0.39, 0.29) is 5.91 Å². The standard InChI is InChI=1S/C17H24N2O/c1-14-5-3-4-6-15(14)16(20)19-12-9-17(13-19)7-10-18(2)11-8-17/h3-6H,7-13H2,1-2H3. The van der Waals surface area contributed by atoms with Gasteiger partial charge in [-0.15, -0.1) is 0 Å². The Morgan fingerprint density at radius 1 is 1.10 bits per heavy atom. The molecule has 0 saturated carbocycles. The number of benzene rings is 1. The van der Waals surface area contributed by atoms with Crippen molar-refractivity contribution < 1.29 is 4.79 Å². The summed E-state index contributed by atoms with van der Waals surface area (Å²) in [6.07, 6.45) is 3.65. The van der Waals surface area contributed by atoms with E-state index >= 15 is 0 Å². The van der Waals surface area contributed by atoms with Crippen molar-refractivity contribution in [3.8, 4) is 0 Å². The lowest BCUT2D eigenvalue weighted by molar-refractivity contribution is 0.0736. The van der Waals surface area contributed by atoms with Crippen LogP contribution in [-0.4, -0.2) is 48.9 Å². The third-order valence-electron chi connectivity index (χ3n) is 5.15. The molecule has 2 fully saturated rings.